The molecule has 0 atom stereocenters. The minimum Gasteiger partial charge on any atom is -0.321 e. The summed E-state index contributed by atoms with van der Waals surface area (Å²) >= 11 is 0. The molecule has 1 aromatic rings. The quantitative estimate of drug-likeness (QED) is 0.721. The van der Waals surface area contributed by atoms with E-state index in [0.29, 0.717) is 5.56 Å². The topological polar surface area (TPSA) is 38.9 Å². The molecule has 0 aliphatic heterocycles. The van der Waals surface area contributed by atoms with Gasteiger partial charge in [0.1, 0.15) is 0 Å². The van der Waals surface area contributed by atoms with Crippen molar-refractivity contribution in [1.29, 1.82) is 0 Å². The smallest absolute Gasteiger partial charge is 0.252 e. The van der Waals surface area contributed by atoms with Crippen LogP contribution < -0.4 is 5.73 Å². The van der Waals surface area contributed by atoms with Gasteiger partial charge in [0, 0.05) is 25.2 Å². The molecule has 2 nitrogen and oxygen atoms in total. The summed E-state index contributed by atoms with van der Waals surface area (Å²) < 4.78 is 25.2. The van der Waals surface area contributed by atoms with Gasteiger partial charge in [-0.25, -0.2) is 8.78 Å². The van der Waals surface area contributed by atoms with E-state index >= 15 is 0 Å². The van der Waals surface area contributed by atoms with Gasteiger partial charge in [0.2, 0.25) is 0 Å². The molecule has 0 bridgehead atoms. The lowest BCUT2D eigenvalue weighted by molar-refractivity contribution is -0.125. The molecule has 0 spiro atoms. The molecular formula is C9H10F2N2. The highest BCUT2D eigenvalue weighted by Gasteiger charge is 2.55. The van der Waals surface area contributed by atoms with E-state index in [9.17, 15) is 8.78 Å². The molecule has 2 rings (SSSR count). The fraction of sp³-hybridized carbons (Fsp3) is 0.444. The zero-order chi connectivity index (χ0) is 9.53. The van der Waals surface area contributed by atoms with Gasteiger partial charge in [-0.3, -0.25) is 4.98 Å². The van der Waals surface area contributed by atoms with Crippen LogP contribution in [0.25, 0.3) is 0 Å². The van der Waals surface area contributed by atoms with Crippen molar-refractivity contribution in [1.82, 2.24) is 4.98 Å². The summed E-state index contributed by atoms with van der Waals surface area (Å²) in [5, 5.41) is 0. The van der Waals surface area contributed by atoms with Crippen LogP contribution in [0.5, 0.6) is 0 Å². The molecule has 13 heavy (non-hydrogen) atoms. The van der Waals surface area contributed by atoms with E-state index in [1.807, 2.05) is 0 Å². The first-order valence-corrected chi connectivity index (χ1v) is 4.09. The van der Waals surface area contributed by atoms with E-state index in [1.54, 1.807) is 24.5 Å². The maximum atomic E-state index is 12.6. The molecule has 1 heterocycles. The minimum absolute atomic E-state index is 0.272. The average molecular weight is 184 g/mol. The summed E-state index contributed by atoms with van der Waals surface area (Å²) in [4.78, 5) is 3.86. The maximum absolute atomic E-state index is 12.6. The van der Waals surface area contributed by atoms with Crippen molar-refractivity contribution in [3.05, 3.63) is 30.1 Å². The van der Waals surface area contributed by atoms with Crippen LogP contribution in [0.3, 0.4) is 0 Å². The van der Waals surface area contributed by atoms with E-state index < -0.39 is 11.5 Å². The number of halogens is 2. The lowest BCUT2D eigenvalue weighted by Crippen LogP contribution is -2.55. The highest BCUT2D eigenvalue weighted by Crippen LogP contribution is 2.49. The molecule has 0 aromatic carbocycles. The molecule has 4 heteroatoms. The third-order valence-corrected chi connectivity index (χ3v) is 2.38. The van der Waals surface area contributed by atoms with Crippen LogP contribution in [0.15, 0.2) is 24.5 Å². The lowest BCUT2D eigenvalue weighted by Gasteiger charge is -2.44. The van der Waals surface area contributed by atoms with E-state index in [0.717, 1.165) is 0 Å². The molecule has 1 saturated carbocycles. The molecule has 70 valence electrons. The standard InChI is InChI=1S/C9H10F2N2/c10-9(11)5-8(12,6-9)7-2-1-3-13-4-7/h1-4H,5-6,12H2. The molecule has 0 radical (unpaired) electrons. The van der Waals surface area contributed by atoms with Crippen LogP contribution in [-0.4, -0.2) is 10.9 Å². The number of rotatable bonds is 1. The fourth-order valence-corrected chi connectivity index (χ4v) is 1.73. The summed E-state index contributed by atoms with van der Waals surface area (Å²) in [5.41, 5.74) is 5.61. The van der Waals surface area contributed by atoms with Crippen molar-refractivity contribution in [2.75, 3.05) is 0 Å². The van der Waals surface area contributed by atoms with Gasteiger partial charge >= 0.3 is 0 Å². The zero-order valence-corrected chi connectivity index (χ0v) is 7.00. The predicted octanol–water partition coefficient (Wildman–Crippen LogP) is 1.66. The number of nitrogens with two attached hydrogens (primary N) is 1. The second-order valence-corrected chi connectivity index (χ2v) is 3.61. The third kappa shape index (κ3) is 1.42. The van der Waals surface area contributed by atoms with Crippen LogP contribution in [0.2, 0.25) is 0 Å². The van der Waals surface area contributed by atoms with Crippen molar-refractivity contribution in [2.45, 2.75) is 24.3 Å². The molecular weight excluding hydrogens is 174 g/mol. The maximum Gasteiger partial charge on any atom is 0.252 e. The molecule has 1 aromatic heterocycles. The van der Waals surface area contributed by atoms with Crippen LogP contribution >= 0.6 is 0 Å². The Bertz CT molecular complexity index is 303. The van der Waals surface area contributed by atoms with Crippen molar-refractivity contribution in [3.63, 3.8) is 0 Å². The van der Waals surface area contributed by atoms with Gasteiger partial charge < -0.3 is 5.73 Å². The van der Waals surface area contributed by atoms with E-state index in [4.69, 9.17) is 5.73 Å². The first-order valence-electron chi connectivity index (χ1n) is 4.09. The summed E-state index contributed by atoms with van der Waals surface area (Å²) in [6, 6.07) is 3.45. The van der Waals surface area contributed by atoms with Crippen LogP contribution in [-0.2, 0) is 5.54 Å². The lowest BCUT2D eigenvalue weighted by atomic mass is 9.70. The van der Waals surface area contributed by atoms with Gasteiger partial charge in [0.05, 0.1) is 5.54 Å². The highest BCUT2D eigenvalue weighted by molar-refractivity contribution is 5.25. The van der Waals surface area contributed by atoms with Gasteiger partial charge in [0.25, 0.3) is 5.92 Å². The number of nitrogens with zero attached hydrogens (tertiary/aromatic N) is 1. The van der Waals surface area contributed by atoms with Crippen molar-refractivity contribution >= 4 is 0 Å². The summed E-state index contributed by atoms with van der Waals surface area (Å²) in [6.07, 6.45) is 2.61. The van der Waals surface area contributed by atoms with E-state index in [1.165, 1.54) is 0 Å². The Morgan fingerprint density at radius 3 is 2.54 bits per heavy atom. The van der Waals surface area contributed by atoms with Crippen LogP contribution in [0.1, 0.15) is 18.4 Å². The summed E-state index contributed by atoms with van der Waals surface area (Å²) in [6.45, 7) is 0. The predicted molar refractivity (Wildman–Crippen MR) is 44.3 cm³/mol. The van der Waals surface area contributed by atoms with Gasteiger partial charge in [0.15, 0.2) is 0 Å². The van der Waals surface area contributed by atoms with Crippen molar-refractivity contribution in [2.24, 2.45) is 5.73 Å². The SMILES string of the molecule is NC1(c2cccnc2)CC(F)(F)C1. The largest absolute Gasteiger partial charge is 0.321 e. The summed E-state index contributed by atoms with van der Waals surface area (Å²) in [5.74, 6) is -2.59. The van der Waals surface area contributed by atoms with Crippen molar-refractivity contribution < 1.29 is 8.78 Å². The Morgan fingerprint density at radius 2 is 2.08 bits per heavy atom. The first-order chi connectivity index (χ1) is 6.02. The Kier molecular flexibility index (Phi) is 1.63. The molecule has 0 unspecified atom stereocenters. The summed E-state index contributed by atoms with van der Waals surface area (Å²) in [7, 11) is 0. The van der Waals surface area contributed by atoms with Gasteiger partial charge in [-0.2, -0.15) is 0 Å². The highest BCUT2D eigenvalue weighted by atomic mass is 19.3. The monoisotopic (exact) mass is 184 g/mol. The van der Waals surface area contributed by atoms with Gasteiger partial charge in [-0.05, 0) is 11.6 Å². The zero-order valence-electron chi connectivity index (χ0n) is 7.00. The number of aromatic nitrogens is 1. The molecule has 2 N–H and O–H groups in total. The molecule has 1 aliphatic carbocycles. The second kappa shape index (κ2) is 2.48. The Hall–Kier alpha value is -1.03. The molecule has 0 saturated heterocycles. The third-order valence-electron chi connectivity index (χ3n) is 2.38. The average Bonchev–Trinajstić information content (AvgIpc) is 2.02. The molecule has 1 fully saturated rings. The van der Waals surface area contributed by atoms with Gasteiger partial charge in [-0.15, -0.1) is 0 Å². The molecule has 1 aliphatic rings. The second-order valence-electron chi connectivity index (χ2n) is 3.61. The Morgan fingerprint density at radius 1 is 1.38 bits per heavy atom. The number of pyridine rings is 1. The Labute approximate surface area is 74.8 Å². The van der Waals surface area contributed by atoms with Gasteiger partial charge in [-0.1, -0.05) is 6.07 Å². The fourth-order valence-electron chi connectivity index (χ4n) is 1.73. The minimum atomic E-state index is -2.59. The number of alkyl halides is 2. The normalized spacial score (nSPS) is 23.6. The molecule has 0 amide bonds. The van der Waals surface area contributed by atoms with Crippen LogP contribution in [0, 0.1) is 0 Å². The number of hydrogen-bond acceptors (Lipinski definition) is 2. The van der Waals surface area contributed by atoms with Crippen LogP contribution in [0.4, 0.5) is 8.78 Å². The Balaban J connectivity index is 2.21. The number of hydrogen-bond donors (Lipinski definition) is 1. The van der Waals surface area contributed by atoms with Crippen molar-refractivity contribution in [3.8, 4) is 0 Å². The van der Waals surface area contributed by atoms with E-state index in [-0.39, 0.29) is 12.8 Å². The first kappa shape index (κ1) is 8.56. The van der Waals surface area contributed by atoms with E-state index in [2.05, 4.69) is 4.98 Å².